The van der Waals surface area contributed by atoms with Gasteiger partial charge in [0, 0.05) is 41.0 Å². The van der Waals surface area contributed by atoms with Crippen LogP contribution in [0.4, 0.5) is 11.4 Å². The highest BCUT2D eigenvalue weighted by Crippen LogP contribution is 2.31. The number of allylic oxidation sites excluding steroid dienone is 1. The molecule has 4 aromatic carbocycles. The summed E-state index contributed by atoms with van der Waals surface area (Å²) in [6.45, 7) is 6.32. The number of methoxy groups -OCH3 is 2. The lowest BCUT2D eigenvalue weighted by Gasteiger charge is -2.26. The van der Waals surface area contributed by atoms with Gasteiger partial charge >= 0.3 is 5.97 Å². The molecule has 9 nitrogen and oxygen atoms in total. The number of rotatable bonds is 10. The third-order valence-electron chi connectivity index (χ3n) is 7.05. The van der Waals surface area contributed by atoms with Crippen molar-refractivity contribution in [2.75, 3.05) is 24.9 Å². The van der Waals surface area contributed by atoms with Gasteiger partial charge in [0.1, 0.15) is 6.61 Å². The van der Waals surface area contributed by atoms with Crippen LogP contribution in [0.25, 0.3) is 5.70 Å². The molecule has 0 bridgehead atoms. The van der Waals surface area contributed by atoms with Crippen LogP contribution in [-0.4, -0.2) is 36.8 Å². The summed E-state index contributed by atoms with van der Waals surface area (Å²) in [5, 5.41) is 6.22. The van der Waals surface area contributed by atoms with E-state index >= 15 is 0 Å². The van der Waals surface area contributed by atoms with Crippen LogP contribution < -0.4 is 20.1 Å². The van der Waals surface area contributed by atoms with Crippen LogP contribution in [-0.2, 0) is 11.3 Å². The minimum atomic E-state index is -0.439. The van der Waals surface area contributed by atoms with E-state index in [1.54, 1.807) is 62.8 Å². The highest BCUT2D eigenvalue weighted by molar-refractivity contribution is 6.11. The van der Waals surface area contributed by atoms with Gasteiger partial charge in [0.05, 0.1) is 31.2 Å². The fraction of sp³-hybridized carbons (Fsp3) is 0.108. The molecule has 0 saturated carbocycles. The van der Waals surface area contributed by atoms with Gasteiger partial charge in [-0.25, -0.2) is 9.79 Å². The molecule has 1 heterocycles. The number of amides is 1. The minimum absolute atomic E-state index is 0.184. The average molecular weight is 615 g/mol. The molecule has 46 heavy (non-hydrogen) atoms. The molecule has 0 spiro atoms. The third kappa shape index (κ3) is 7.51. The molecular formula is C37H34N4O5. The predicted octanol–water partition coefficient (Wildman–Crippen LogP) is 7.49. The van der Waals surface area contributed by atoms with Crippen molar-refractivity contribution in [2.24, 2.45) is 4.99 Å². The summed E-state index contributed by atoms with van der Waals surface area (Å²) >= 11 is 0. The summed E-state index contributed by atoms with van der Waals surface area (Å²) in [5.41, 5.74) is 5.02. The van der Waals surface area contributed by atoms with Crippen LogP contribution in [0.5, 0.6) is 11.5 Å². The normalized spacial score (nSPS) is 12.7. The molecular weight excluding hydrogens is 580 g/mol. The van der Waals surface area contributed by atoms with Crippen LogP contribution in [0.3, 0.4) is 0 Å². The van der Waals surface area contributed by atoms with E-state index in [-0.39, 0.29) is 12.5 Å². The van der Waals surface area contributed by atoms with Crippen LogP contribution in [0.2, 0.25) is 0 Å². The number of hydrogen-bond acceptors (Lipinski definition) is 8. The Morgan fingerprint density at radius 3 is 2.30 bits per heavy atom. The number of carbonyl (C=O) groups excluding carboxylic acids is 2. The summed E-state index contributed by atoms with van der Waals surface area (Å²) in [6, 6.07) is 28.7. The summed E-state index contributed by atoms with van der Waals surface area (Å²) in [7, 11) is 3.16. The van der Waals surface area contributed by atoms with Crippen LogP contribution >= 0.6 is 0 Å². The number of nitrogens with zero attached hydrogens (tertiary/aromatic N) is 2. The SMILES string of the molecule is C=C1C(Nc2ccc(OC)c(OC)c2)=NC(c2cccc(C(=O)Nc3ccc(C(=O)OCc4ccccc4)cc3)c2)=CN1/C=C\C. The molecule has 0 aromatic heterocycles. The number of esters is 1. The largest absolute Gasteiger partial charge is 0.493 e. The van der Waals surface area contributed by atoms with Crippen molar-refractivity contribution in [1.29, 1.82) is 0 Å². The Labute approximate surface area is 268 Å². The van der Waals surface area contributed by atoms with E-state index in [2.05, 4.69) is 17.2 Å². The molecule has 1 amide bonds. The fourth-order valence-electron chi connectivity index (χ4n) is 4.65. The van der Waals surface area contributed by atoms with Crippen LogP contribution in [0.1, 0.15) is 38.8 Å². The number of hydrogen-bond donors (Lipinski definition) is 2. The van der Waals surface area contributed by atoms with Crippen LogP contribution in [0.15, 0.2) is 133 Å². The Morgan fingerprint density at radius 2 is 1.59 bits per heavy atom. The van der Waals surface area contributed by atoms with Crippen molar-refractivity contribution < 1.29 is 23.8 Å². The lowest BCUT2D eigenvalue weighted by atomic mass is 10.1. The van der Waals surface area contributed by atoms with Gasteiger partial charge in [-0.3, -0.25) is 4.79 Å². The molecule has 2 N–H and O–H groups in total. The maximum Gasteiger partial charge on any atom is 0.338 e. The summed E-state index contributed by atoms with van der Waals surface area (Å²) in [4.78, 5) is 32.4. The zero-order valence-corrected chi connectivity index (χ0v) is 25.8. The fourth-order valence-corrected chi connectivity index (χ4v) is 4.65. The molecule has 1 aliphatic heterocycles. The second-order valence-corrected chi connectivity index (χ2v) is 10.2. The smallest absolute Gasteiger partial charge is 0.338 e. The Balaban J connectivity index is 1.30. The first kappa shape index (κ1) is 31.3. The minimum Gasteiger partial charge on any atom is -0.493 e. The molecule has 1 aliphatic rings. The van der Waals surface area contributed by atoms with Crippen molar-refractivity contribution in [1.82, 2.24) is 4.90 Å². The summed E-state index contributed by atoms with van der Waals surface area (Å²) in [5.74, 6) is 0.971. The molecule has 232 valence electrons. The lowest BCUT2D eigenvalue weighted by molar-refractivity contribution is 0.0472. The molecule has 0 atom stereocenters. The number of amidine groups is 1. The zero-order valence-electron chi connectivity index (χ0n) is 25.8. The second-order valence-electron chi connectivity index (χ2n) is 10.2. The van der Waals surface area contributed by atoms with Gasteiger partial charge in [0.15, 0.2) is 17.3 Å². The first-order valence-electron chi connectivity index (χ1n) is 14.5. The number of benzene rings is 4. The van der Waals surface area contributed by atoms with E-state index in [4.69, 9.17) is 19.2 Å². The second kappa shape index (κ2) is 14.6. The highest BCUT2D eigenvalue weighted by atomic mass is 16.5. The molecule has 0 unspecified atom stereocenters. The number of anilines is 2. The van der Waals surface area contributed by atoms with E-state index in [9.17, 15) is 9.59 Å². The monoisotopic (exact) mass is 614 g/mol. The quantitative estimate of drug-likeness (QED) is 0.179. The average Bonchev–Trinajstić information content (AvgIpc) is 3.09. The van der Waals surface area contributed by atoms with Gasteiger partial charge in [0.2, 0.25) is 0 Å². The van der Waals surface area contributed by atoms with Gasteiger partial charge in [-0.2, -0.15) is 0 Å². The Hall–Kier alpha value is -6.09. The van der Waals surface area contributed by atoms with Gasteiger partial charge < -0.3 is 29.7 Å². The first-order chi connectivity index (χ1) is 22.4. The molecule has 9 heteroatoms. The molecule has 0 radical (unpaired) electrons. The Bertz CT molecular complexity index is 1830. The maximum atomic E-state index is 13.2. The Morgan fingerprint density at radius 1 is 0.848 bits per heavy atom. The molecule has 0 saturated heterocycles. The number of ether oxygens (including phenoxy) is 3. The van der Waals surface area contributed by atoms with Crippen molar-refractivity contribution in [3.05, 3.63) is 150 Å². The van der Waals surface area contributed by atoms with Gasteiger partial charge in [-0.15, -0.1) is 0 Å². The van der Waals surface area contributed by atoms with Crippen LogP contribution in [0, 0.1) is 0 Å². The van der Waals surface area contributed by atoms with E-state index in [0.717, 1.165) is 16.8 Å². The Kier molecular flexibility index (Phi) is 9.94. The van der Waals surface area contributed by atoms with Gasteiger partial charge in [-0.05, 0) is 61.0 Å². The molecule has 0 fully saturated rings. The van der Waals surface area contributed by atoms with E-state index in [0.29, 0.717) is 45.5 Å². The van der Waals surface area contributed by atoms with Gasteiger partial charge in [0.25, 0.3) is 5.91 Å². The third-order valence-corrected chi connectivity index (χ3v) is 7.05. The predicted molar refractivity (Wildman–Crippen MR) is 181 cm³/mol. The number of aliphatic imine (C=N–C) groups is 1. The van der Waals surface area contributed by atoms with Crippen molar-refractivity contribution in [2.45, 2.75) is 13.5 Å². The summed E-state index contributed by atoms with van der Waals surface area (Å²) < 4.78 is 16.2. The van der Waals surface area contributed by atoms with E-state index < -0.39 is 5.97 Å². The standard InChI is InChI=1S/C37H34N4O5/c1-5-20-41-23-32(40-35(25(41)2)38-31-18-19-33(44-3)34(22-31)45-4)28-12-9-13-29(21-28)36(42)39-30-16-14-27(15-17-30)37(43)46-24-26-10-7-6-8-11-26/h5-23H,2,24H2,1,3-4H3,(H,38,40)(H,39,42)/b20-5-. The van der Waals surface area contributed by atoms with Crippen molar-refractivity contribution in [3.63, 3.8) is 0 Å². The highest BCUT2D eigenvalue weighted by Gasteiger charge is 2.20. The summed E-state index contributed by atoms with van der Waals surface area (Å²) in [6.07, 6.45) is 5.64. The first-order valence-corrected chi connectivity index (χ1v) is 14.5. The molecule has 5 rings (SSSR count). The maximum absolute atomic E-state index is 13.2. The zero-order chi connectivity index (χ0) is 32.5. The molecule has 0 aliphatic carbocycles. The topological polar surface area (TPSA) is 101 Å². The van der Waals surface area contributed by atoms with Crippen molar-refractivity contribution >= 4 is 34.8 Å². The number of nitrogens with one attached hydrogen (secondary N) is 2. The van der Waals surface area contributed by atoms with E-state index in [1.165, 1.54) is 0 Å². The van der Waals surface area contributed by atoms with Crippen molar-refractivity contribution in [3.8, 4) is 11.5 Å². The van der Waals surface area contributed by atoms with E-state index in [1.807, 2.05) is 78.8 Å². The van der Waals surface area contributed by atoms with Gasteiger partial charge in [-0.1, -0.05) is 55.1 Å². The number of carbonyl (C=O) groups is 2. The molecule has 4 aromatic rings. The lowest BCUT2D eigenvalue weighted by Crippen LogP contribution is -2.26.